The van der Waals surface area contributed by atoms with Gasteiger partial charge in [-0.05, 0) is 38.7 Å². The van der Waals surface area contributed by atoms with E-state index in [0.717, 1.165) is 55.0 Å². The molecule has 0 bridgehead atoms. The third-order valence-corrected chi connectivity index (χ3v) is 9.18. The number of nitrogens with two attached hydrogens (primary N) is 1. The largest absolute Gasteiger partial charge is 0.457 e. The van der Waals surface area contributed by atoms with Crippen molar-refractivity contribution in [2.75, 3.05) is 6.61 Å². The molecule has 8 N–H and O–H groups in total. The fourth-order valence-electron chi connectivity index (χ4n) is 6.38. The number of aromatic nitrogens is 2. The van der Waals surface area contributed by atoms with Crippen LogP contribution in [0.1, 0.15) is 84.3 Å². The summed E-state index contributed by atoms with van der Waals surface area (Å²) >= 11 is 0. The smallest absolute Gasteiger partial charge is 0.330 e. The van der Waals surface area contributed by atoms with E-state index in [1.165, 1.54) is 0 Å². The van der Waals surface area contributed by atoms with Crippen molar-refractivity contribution in [1.82, 2.24) is 20.2 Å². The molecule has 4 heterocycles. The maximum Gasteiger partial charge on any atom is 0.330 e. The number of hydrogen-bond acceptors (Lipinski definition) is 13. The lowest BCUT2D eigenvalue weighted by Crippen LogP contribution is -2.54. The summed E-state index contributed by atoms with van der Waals surface area (Å²) in [5.74, 6) is -4.93. The summed E-state index contributed by atoms with van der Waals surface area (Å²) in [7, 11) is 0. The van der Waals surface area contributed by atoms with Crippen LogP contribution in [0.4, 0.5) is 0 Å². The van der Waals surface area contributed by atoms with E-state index in [1.807, 2.05) is 6.92 Å². The van der Waals surface area contributed by atoms with Gasteiger partial charge in [0.15, 0.2) is 24.2 Å². The number of aliphatic hydroxyl groups is 3. The van der Waals surface area contributed by atoms with Gasteiger partial charge in [-0.15, -0.1) is 0 Å². The van der Waals surface area contributed by atoms with Crippen molar-refractivity contribution >= 4 is 23.7 Å². The van der Waals surface area contributed by atoms with Crippen molar-refractivity contribution in [2.24, 2.45) is 11.7 Å². The Balaban J connectivity index is 1.54. The third-order valence-electron chi connectivity index (χ3n) is 9.18. The topological polar surface area (TPSA) is 271 Å². The van der Waals surface area contributed by atoms with Gasteiger partial charge in [0.1, 0.15) is 24.4 Å². The lowest BCUT2D eigenvalue weighted by atomic mass is 9.94. The molecule has 0 aliphatic carbocycles. The summed E-state index contributed by atoms with van der Waals surface area (Å²) in [6.45, 7) is 3.16. The van der Waals surface area contributed by atoms with Crippen LogP contribution < -0.4 is 27.6 Å². The number of esters is 1. The highest BCUT2D eigenvalue weighted by Crippen LogP contribution is 2.39. The second-order valence-corrected chi connectivity index (χ2v) is 13.2. The van der Waals surface area contributed by atoms with Crippen LogP contribution in [0.25, 0.3) is 0 Å². The normalized spacial score (nSPS) is 29.9. The number of hydrogen-bond donors (Lipinski definition) is 7. The molecule has 0 unspecified atom stereocenters. The van der Waals surface area contributed by atoms with Crippen molar-refractivity contribution in [3.63, 3.8) is 0 Å². The molecule has 0 saturated carbocycles. The van der Waals surface area contributed by atoms with Crippen LogP contribution in [0.3, 0.4) is 0 Å². The average Bonchev–Trinajstić information content (AvgIpc) is 3.33. The maximum absolute atomic E-state index is 13.1. The molecule has 1 aromatic rings. The number of rotatable bonds is 16. The van der Waals surface area contributed by atoms with Gasteiger partial charge in [0.05, 0.1) is 12.5 Å². The molecule has 0 radical (unpaired) electrons. The maximum atomic E-state index is 13.1. The minimum absolute atomic E-state index is 0.0210. The van der Waals surface area contributed by atoms with Crippen molar-refractivity contribution in [3.8, 4) is 0 Å². The first kappa shape index (κ1) is 39.7. The van der Waals surface area contributed by atoms with E-state index in [2.05, 4.69) is 22.5 Å². The number of amides is 3. The molecule has 51 heavy (non-hydrogen) atoms. The molecule has 3 amide bonds. The number of nitrogens with one attached hydrogen (secondary N) is 3. The highest BCUT2D eigenvalue weighted by molar-refractivity contribution is 5.95. The first-order valence-electron chi connectivity index (χ1n) is 17.4. The SMILES string of the molecule is CCCCCCCCC(=O)O[C@@H]1[C@H](CO)[C@@H]([C@@H](O[C@H]2OC(C(=O)N[C@H]3CCC[C@@H](C)NC3=O)=C[C@H](O)[C@@H]2O)C(N)=O)O[C@H]1n1ccc(=O)[nH]c1=O. The van der Waals surface area contributed by atoms with Gasteiger partial charge in [-0.25, -0.2) is 4.79 Å². The minimum atomic E-state index is -1.90. The van der Waals surface area contributed by atoms with Gasteiger partial charge in [-0.3, -0.25) is 33.5 Å². The number of ether oxygens (including phenoxy) is 4. The van der Waals surface area contributed by atoms with Gasteiger partial charge >= 0.3 is 11.7 Å². The van der Waals surface area contributed by atoms with E-state index in [4.69, 9.17) is 24.7 Å². The van der Waals surface area contributed by atoms with Crippen molar-refractivity contribution in [2.45, 2.75) is 133 Å². The highest BCUT2D eigenvalue weighted by Gasteiger charge is 2.54. The Morgan fingerprint density at radius 3 is 2.53 bits per heavy atom. The van der Waals surface area contributed by atoms with Gasteiger partial charge in [-0.1, -0.05) is 39.0 Å². The zero-order valence-corrected chi connectivity index (χ0v) is 28.7. The number of aromatic amines is 1. The fraction of sp³-hybridized carbons (Fsp3) is 0.697. The van der Waals surface area contributed by atoms with Gasteiger partial charge in [-0.2, -0.15) is 0 Å². The van der Waals surface area contributed by atoms with Gasteiger partial charge in [0, 0.05) is 24.7 Å². The molecule has 2 saturated heterocycles. The number of primary amides is 1. The molecule has 3 aliphatic heterocycles. The van der Waals surface area contributed by atoms with Crippen LogP contribution in [-0.2, 0) is 38.1 Å². The van der Waals surface area contributed by atoms with Crippen molar-refractivity contribution in [1.29, 1.82) is 0 Å². The quantitative estimate of drug-likeness (QED) is 0.0774. The summed E-state index contributed by atoms with van der Waals surface area (Å²) in [6.07, 6.45) is -2.67. The van der Waals surface area contributed by atoms with Gasteiger partial charge in [0.2, 0.25) is 18.1 Å². The van der Waals surface area contributed by atoms with E-state index < -0.39 is 102 Å². The average molecular weight is 724 g/mol. The molecule has 4 rings (SSSR count). The van der Waals surface area contributed by atoms with Crippen LogP contribution in [0.5, 0.6) is 0 Å². The Morgan fingerprint density at radius 2 is 1.84 bits per heavy atom. The number of carbonyl (C=O) groups excluding carboxylic acids is 4. The van der Waals surface area contributed by atoms with E-state index in [0.29, 0.717) is 25.7 Å². The highest BCUT2D eigenvalue weighted by atomic mass is 16.7. The Kier molecular flexibility index (Phi) is 14.3. The van der Waals surface area contributed by atoms with E-state index in [9.17, 15) is 44.1 Å². The molecule has 1 aromatic heterocycles. The number of unbranched alkanes of at least 4 members (excludes halogenated alkanes) is 5. The number of carbonyl (C=O) groups is 4. The van der Waals surface area contributed by atoms with Crippen LogP contribution in [-0.4, -0.2) is 104 Å². The zero-order chi connectivity index (χ0) is 37.2. The summed E-state index contributed by atoms with van der Waals surface area (Å²) in [5, 5.41) is 37.2. The van der Waals surface area contributed by atoms with Crippen LogP contribution in [0.2, 0.25) is 0 Å². The molecule has 18 nitrogen and oxygen atoms in total. The molecular weight excluding hydrogens is 674 g/mol. The van der Waals surface area contributed by atoms with E-state index >= 15 is 0 Å². The summed E-state index contributed by atoms with van der Waals surface area (Å²) in [5.41, 5.74) is 4.04. The second kappa shape index (κ2) is 18.4. The molecule has 10 atom stereocenters. The van der Waals surface area contributed by atoms with E-state index in [1.54, 1.807) is 0 Å². The number of H-pyrrole nitrogens is 1. The third kappa shape index (κ3) is 10.2. The minimum Gasteiger partial charge on any atom is -0.457 e. The number of aliphatic hydroxyl groups excluding tert-OH is 3. The molecule has 18 heteroatoms. The zero-order valence-electron chi connectivity index (χ0n) is 28.7. The molecule has 2 fully saturated rings. The van der Waals surface area contributed by atoms with Crippen LogP contribution in [0.15, 0.2) is 33.7 Å². The predicted molar refractivity (Wildman–Crippen MR) is 176 cm³/mol. The number of nitrogens with zero attached hydrogens (tertiary/aromatic N) is 1. The van der Waals surface area contributed by atoms with Crippen LogP contribution >= 0.6 is 0 Å². The van der Waals surface area contributed by atoms with Crippen molar-refractivity contribution < 1.29 is 53.4 Å². The molecule has 0 spiro atoms. The monoisotopic (exact) mass is 723 g/mol. The van der Waals surface area contributed by atoms with Crippen LogP contribution in [0, 0.1) is 5.92 Å². The lowest BCUT2D eigenvalue weighted by molar-refractivity contribution is -0.239. The Labute approximate surface area is 293 Å². The van der Waals surface area contributed by atoms with Crippen molar-refractivity contribution in [3.05, 3.63) is 44.9 Å². The second-order valence-electron chi connectivity index (χ2n) is 13.2. The Morgan fingerprint density at radius 1 is 1.12 bits per heavy atom. The first-order chi connectivity index (χ1) is 24.3. The van der Waals surface area contributed by atoms with E-state index in [-0.39, 0.29) is 12.5 Å². The predicted octanol–water partition coefficient (Wildman–Crippen LogP) is -1.29. The lowest BCUT2D eigenvalue weighted by Gasteiger charge is -2.35. The Bertz CT molecular complexity index is 1530. The summed E-state index contributed by atoms with van der Waals surface area (Å²) in [6, 6.07) is 0.0333. The van der Waals surface area contributed by atoms with Gasteiger partial charge in [0.25, 0.3) is 11.5 Å². The summed E-state index contributed by atoms with van der Waals surface area (Å²) < 4.78 is 24.0. The molecular formula is C33H49N5O13. The first-order valence-corrected chi connectivity index (χ1v) is 17.4. The molecule has 0 aromatic carbocycles. The summed E-state index contributed by atoms with van der Waals surface area (Å²) in [4.78, 5) is 78.2. The molecule has 3 aliphatic rings. The Hall–Kier alpha value is -4.10. The molecule has 284 valence electrons. The van der Waals surface area contributed by atoms with Gasteiger partial charge < -0.3 is 50.6 Å². The fourth-order valence-corrected chi connectivity index (χ4v) is 6.38. The standard InChI is InChI=1S/C33H49N5O13/c1-3-4-5-6-7-8-12-23(42)49-26-18(16-39)25(50-31(26)38-14-13-22(41)37-33(38)47)27(28(34)44)51-32-24(43)20(40)15-21(48-32)30(46)36-19-11-9-10-17(2)35-29(19)45/h13-15,17-20,24-27,31-32,39-40,43H,3-12,16H2,1-2H3,(H2,34,44)(H,35,45)(H,36,46)(H,37,41,47)/t17-,18-,19+,20+,24+,25+,26-,27-,31-,32-/m1/s1.